The summed E-state index contributed by atoms with van der Waals surface area (Å²) in [4.78, 5) is 19.0. The lowest BCUT2D eigenvalue weighted by Gasteiger charge is -2.27. The van der Waals surface area contributed by atoms with Crippen LogP contribution in [0.2, 0.25) is 0 Å². The minimum Gasteiger partial charge on any atom is -0.435 e. The van der Waals surface area contributed by atoms with Gasteiger partial charge >= 0.3 is 6.61 Å². The number of hydrogen-bond donors (Lipinski definition) is 1. The smallest absolute Gasteiger partial charge is 0.387 e. The molecular weight excluding hydrogens is 438 g/mol. The fraction of sp³-hybridized carbons (Fsp3) is 0.333. The van der Waals surface area contributed by atoms with Crippen LogP contribution in [-0.4, -0.2) is 37.1 Å². The Labute approximate surface area is 188 Å². The second kappa shape index (κ2) is 8.77. The molecule has 0 spiro atoms. The van der Waals surface area contributed by atoms with E-state index in [-0.39, 0.29) is 40.7 Å². The van der Waals surface area contributed by atoms with Crippen molar-refractivity contribution in [1.82, 2.24) is 4.90 Å². The van der Waals surface area contributed by atoms with E-state index in [0.717, 1.165) is 17.7 Å². The van der Waals surface area contributed by atoms with Crippen LogP contribution in [0, 0.1) is 23.6 Å². The molecule has 1 fully saturated rings. The van der Waals surface area contributed by atoms with Crippen LogP contribution in [0.4, 0.5) is 17.6 Å². The number of aliphatic imine (C=N–C) groups is 1. The minimum atomic E-state index is -3.10. The van der Waals surface area contributed by atoms with Gasteiger partial charge in [-0.25, -0.2) is 9.38 Å². The number of amides is 1. The van der Waals surface area contributed by atoms with E-state index in [4.69, 9.17) is 5.73 Å². The van der Waals surface area contributed by atoms with Crippen LogP contribution in [-0.2, 0) is 16.8 Å². The summed E-state index contributed by atoms with van der Waals surface area (Å²) in [6, 6.07) is 8.07. The summed E-state index contributed by atoms with van der Waals surface area (Å²) in [5.41, 5.74) is 5.05. The summed E-state index contributed by atoms with van der Waals surface area (Å²) in [5, 5.41) is 0. The highest BCUT2D eigenvalue weighted by molar-refractivity contribution is 6.09. The molecule has 1 aliphatic heterocycles. The molecule has 1 atom stereocenters. The molecule has 2 aliphatic rings. The van der Waals surface area contributed by atoms with Crippen molar-refractivity contribution in [3.05, 3.63) is 64.5 Å². The van der Waals surface area contributed by atoms with Crippen LogP contribution in [0.1, 0.15) is 35.1 Å². The van der Waals surface area contributed by atoms with Gasteiger partial charge in [0.15, 0.2) is 11.5 Å². The molecule has 1 heterocycles. The second-order valence-corrected chi connectivity index (χ2v) is 7.92. The number of likely N-dealkylation sites (N-methyl/N-ethyl adjacent to an activating group) is 1. The van der Waals surface area contributed by atoms with Crippen LogP contribution >= 0.6 is 0 Å². The standard InChI is InChI=1S/C24H21F4N3O2/c1-31-21(32)24(30-23(31)29,17-6-8-19(26)15(12-17)5-4-14-2-3-14)18-7-9-20(33-22(27)28)16(13-18)10-11-25/h6-9,12-14,22H,2-3,10-11H2,1H3,(H2,29,30). The number of alkyl halides is 3. The van der Waals surface area contributed by atoms with Gasteiger partial charge in [0.1, 0.15) is 11.6 Å². The lowest BCUT2D eigenvalue weighted by Crippen LogP contribution is -2.41. The molecule has 2 N–H and O–H groups in total. The number of hydrogen-bond acceptors (Lipinski definition) is 4. The normalized spacial score (nSPS) is 20.0. The highest BCUT2D eigenvalue weighted by Crippen LogP contribution is 2.41. The van der Waals surface area contributed by atoms with Crippen LogP contribution in [0.5, 0.6) is 5.75 Å². The van der Waals surface area contributed by atoms with Crippen molar-refractivity contribution in [3.8, 4) is 17.6 Å². The van der Waals surface area contributed by atoms with Crippen LogP contribution in [0.25, 0.3) is 0 Å². The summed E-state index contributed by atoms with van der Waals surface area (Å²) in [5.74, 6) is 4.70. The van der Waals surface area contributed by atoms with Gasteiger partial charge in [0.25, 0.3) is 5.91 Å². The van der Waals surface area contributed by atoms with Crippen molar-refractivity contribution >= 4 is 11.9 Å². The summed E-state index contributed by atoms with van der Waals surface area (Å²) in [7, 11) is 1.44. The first kappa shape index (κ1) is 22.6. The van der Waals surface area contributed by atoms with Gasteiger partial charge in [0, 0.05) is 19.4 Å². The number of guanidine groups is 1. The van der Waals surface area contributed by atoms with Gasteiger partial charge in [0.05, 0.1) is 12.2 Å². The van der Waals surface area contributed by atoms with E-state index in [2.05, 4.69) is 21.6 Å². The molecular formula is C24H21F4N3O2. The number of halogens is 4. The average molecular weight is 459 g/mol. The molecule has 0 radical (unpaired) electrons. The summed E-state index contributed by atoms with van der Waals surface area (Å²) in [6.07, 6.45) is 1.72. The van der Waals surface area contributed by atoms with Gasteiger partial charge in [-0.15, -0.1) is 0 Å². The third kappa shape index (κ3) is 4.25. The summed E-state index contributed by atoms with van der Waals surface area (Å²) >= 11 is 0. The number of carbonyl (C=O) groups excluding carboxylic acids is 1. The first-order valence-electron chi connectivity index (χ1n) is 10.4. The number of aryl methyl sites for hydroxylation is 1. The zero-order valence-corrected chi connectivity index (χ0v) is 17.7. The molecule has 0 saturated heterocycles. The number of benzene rings is 2. The fourth-order valence-electron chi connectivity index (χ4n) is 3.75. The first-order chi connectivity index (χ1) is 15.8. The van der Waals surface area contributed by atoms with E-state index in [9.17, 15) is 22.4 Å². The maximum Gasteiger partial charge on any atom is 0.387 e. The highest BCUT2D eigenvalue weighted by Gasteiger charge is 2.50. The van der Waals surface area contributed by atoms with Gasteiger partial charge in [-0.2, -0.15) is 8.78 Å². The van der Waals surface area contributed by atoms with Gasteiger partial charge in [0.2, 0.25) is 0 Å². The monoisotopic (exact) mass is 459 g/mol. The van der Waals surface area contributed by atoms with Gasteiger partial charge < -0.3 is 10.5 Å². The number of nitrogens with two attached hydrogens (primary N) is 1. The number of nitrogens with zero attached hydrogens (tertiary/aromatic N) is 2. The maximum atomic E-state index is 14.5. The molecule has 4 rings (SSSR count). The molecule has 172 valence electrons. The highest BCUT2D eigenvalue weighted by atomic mass is 19.3. The molecule has 1 amide bonds. The molecule has 9 heteroatoms. The SMILES string of the molecule is CN1C(=O)C(c2ccc(F)c(C#CC3CC3)c2)(c2ccc(OC(F)F)c(CCF)c2)N=C1N. The maximum absolute atomic E-state index is 14.5. The Morgan fingerprint density at radius 1 is 1.24 bits per heavy atom. The predicted molar refractivity (Wildman–Crippen MR) is 114 cm³/mol. The lowest BCUT2D eigenvalue weighted by molar-refractivity contribution is -0.129. The number of ether oxygens (including phenoxy) is 1. The molecule has 0 bridgehead atoms. The Balaban J connectivity index is 1.89. The van der Waals surface area contributed by atoms with Gasteiger partial charge in [-0.3, -0.25) is 14.1 Å². The Morgan fingerprint density at radius 2 is 1.94 bits per heavy atom. The van der Waals surface area contributed by atoms with Crippen molar-refractivity contribution in [1.29, 1.82) is 0 Å². The van der Waals surface area contributed by atoms with Gasteiger partial charge in [-0.1, -0.05) is 24.0 Å². The van der Waals surface area contributed by atoms with E-state index >= 15 is 0 Å². The topological polar surface area (TPSA) is 67.9 Å². The van der Waals surface area contributed by atoms with E-state index in [1.807, 2.05) is 0 Å². The third-order valence-corrected chi connectivity index (χ3v) is 5.67. The third-order valence-electron chi connectivity index (χ3n) is 5.67. The summed E-state index contributed by atoms with van der Waals surface area (Å²) in [6.45, 7) is -3.92. The van der Waals surface area contributed by atoms with Crippen LogP contribution < -0.4 is 10.5 Å². The molecule has 2 aromatic rings. The van der Waals surface area contributed by atoms with Crippen molar-refractivity contribution in [3.63, 3.8) is 0 Å². The molecule has 5 nitrogen and oxygen atoms in total. The molecule has 1 aliphatic carbocycles. The van der Waals surface area contributed by atoms with Crippen molar-refractivity contribution in [2.75, 3.05) is 13.7 Å². The Hall–Kier alpha value is -3.54. The van der Waals surface area contributed by atoms with E-state index in [1.165, 1.54) is 43.4 Å². The molecule has 0 aromatic heterocycles. The quantitative estimate of drug-likeness (QED) is 0.529. The van der Waals surface area contributed by atoms with Crippen LogP contribution in [0.15, 0.2) is 41.4 Å². The number of rotatable bonds is 6. The molecule has 1 saturated carbocycles. The molecule has 33 heavy (non-hydrogen) atoms. The predicted octanol–water partition coefficient (Wildman–Crippen LogP) is 3.73. The van der Waals surface area contributed by atoms with Gasteiger partial charge in [-0.05, 0) is 53.8 Å². The van der Waals surface area contributed by atoms with E-state index in [0.29, 0.717) is 5.56 Å². The number of carbonyl (C=O) groups is 1. The Morgan fingerprint density at radius 3 is 2.55 bits per heavy atom. The summed E-state index contributed by atoms with van der Waals surface area (Å²) < 4.78 is 57.7. The average Bonchev–Trinajstić information content (AvgIpc) is 3.58. The van der Waals surface area contributed by atoms with E-state index < -0.39 is 30.5 Å². The van der Waals surface area contributed by atoms with Crippen LogP contribution in [0.3, 0.4) is 0 Å². The fourth-order valence-corrected chi connectivity index (χ4v) is 3.75. The lowest BCUT2D eigenvalue weighted by atomic mass is 9.81. The first-order valence-corrected chi connectivity index (χ1v) is 10.4. The molecule has 1 unspecified atom stereocenters. The van der Waals surface area contributed by atoms with Crippen molar-refractivity contribution < 1.29 is 27.1 Å². The Bertz CT molecular complexity index is 1180. The Kier molecular flexibility index (Phi) is 6.02. The van der Waals surface area contributed by atoms with E-state index in [1.54, 1.807) is 0 Å². The van der Waals surface area contributed by atoms with Crippen molar-refractivity contribution in [2.24, 2.45) is 16.6 Å². The second-order valence-electron chi connectivity index (χ2n) is 7.92. The zero-order chi connectivity index (χ0) is 23.8. The minimum absolute atomic E-state index is 0.0742. The molecule has 2 aromatic carbocycles. The zero-order valence-electron chi connectivity index (χ0n) is 17.7. The van der Waals surface area contributed by atoms with Crippen molar-refractivity contribution in [2.45, 2.75) is 31.4 Å². The largest absolute Gasteiger partial charge is 0.435 e.